The van der Waals surface area contributed by atoms with Crippen LogP contribution in [0.5, 0.6) is 0 Å². The Morgan fingerprint density at radius 2 is 2.35 bits per heavy atom. The van der Waals surface area contributed by atoms with Gasteiger partial charge in [0.25, 0.3) is 0 Å². The van der Waals surface area contributed by atoms with Gasteiger partial charge in [-0.05, 0) is 31.0 Å². The third kappa shape index (κ3) is 2.55. The third-order valence-electron chi connectivity index (χ3n) is 3.40. The Bertz CT molecular complexity index is 639. The van der Waals surface area contributed by atoms with Gasteiger partial charge in [-0.2, -0.15) is 0 Å². The minimum absolute atomic E-state index is 0.221. The van der Waals surface area contributed by atoms with E-state index in [9.17, 15) is 4.79 Å². The van der Waals surface area contributed by atoms with Crippen LogP contribution in [0.3, 0.4) is 0 Å². The lowest BCUT2D eigenvalue weighted by Gasteiger charge is -2.12. The largest absolute Gasteiger partial charge is 0.478 e. The van der Waals surface area contributed by atoms with Crippen molar-refractivity contribution in [1.29, 1.82) is 0 Å². The van der Waals surface area contributed by atoms with Gasteiger partial charge in [-0.15, -0.1) is 0 Å². The van der Waals surface area contributed by atoms with Gasteiger partial charge in [0.2, 0.25) is 0 Å². The van der Waals surface area contributed by atoms with Gasteiger partial charge in [-0.25, -0.2) is 14.8 Å². The molecule has 6 heteroatoms. The van der Waals surface area contributed by atoms with E-state index < -0.39 is 5.97 Å². The van der Waals surface area contributed by atoms with Crippen molar-refractivity contribution in [3.05, 3.63) is 30.1 Å². The molecule has 3 rings (SSSR count). The monoisotopic (exact) mass is 273 g/mol. The van der Waals surface area contributed by atoms with E-state index in [2.05, 4.69) is 15.3 Å². The first-order chi connectivity index (χ1) is 9.74. The van der Waals surface area contributed by atoms with Gasteiger partial charge >= 0.3 is 5.97 Å². The summed E-state index contributed by atoms with van der Waals surface area (Å²) in [6, 6.07) is 4.85. The normalized spacial score (nSPS) is 18.3. The number of fused-ring (bicyclic) bond motifs is 1. The summed E-state index contributed by atoms with van der Waals surface area (Å²) >= 11 is 0. The SMILES string of the molecule is O=C(O)c1ccc2c(NC[C@@H]3CCCO3)ncnc2c1. The maximum absolute atomic E-state index is 11.0. The highest BCUT2D eigenvalue weighted by molar-refractivity contribution is 5.96. The smallest absolute Gasteiger partial charge is 0.335 e. The number of ether oxygens (including phenoxy) is 1. The quantitative estimate of drug-likeness (QED) is 0.885. The summed E-state index contributed by atoms with van der Waals surface area (Å²) in [5, 5.41) is 13.1. The number of rotatable bonds is 4. The van der Waals surface area contributed by atoms with Crippen LogP contribution < -0.4 is 5.32 Å². The maximum Gasteiger partial charge on any atom is 0.335 e. The summed E-state index contributed by atoms with van der Waals surface area (Å²) in [5.74, 6) is -0.248. The second-order valence-electron chi connectivity index (χ2n) is 4.78. The van der Waals surface area contributed by atoms with Crippen molar-refractivity contribution in [3.63, 3.8) is 0 Å². The molecule has 0 amide bonds. The molecule has 104 valence electrons. The van der Waals surface area contributed by atoms with Gasteiger partial charge in [0.15, 0.2) is 0 Å². The number of aromatic carboxylic acids is 1. The number of hydrogen-bond donors (Lipinski definition) is 2. The van der Waals surface area contributed by atoms with E-state index in [-0.39, 0.29) is 11.7 Å². The van der Waals surface area contributed by atoms with Crippen LogP contribution in [-0.2, 0) is 4.74 Å². The summed E-state index contributed by atoms with van der Waals surface area (Å²) in [6.07, 6.45) is 3.81. The van der Waals surface area contributed by atoms with E-state index in [0.29, 0.717) is 17.9 Å². The second kappa shape index (κ2) is 5.42. The molecule has 1 aliphatic heterocycles. The molecule has 2 N–H and O–H groups in total. The van der Waals surface area contributed by atoms with Crippen molar-refractivity contribution >= 4 is 22.7 Å². The fourth-order valence-corrected chi connectivity index (χ4v) is 2.35. The van der Waals surface area contributed by atoms with Crippen LogP contribution in [0.25, 0.3) is 10.9 Å². The molecular weight excluding hydrogens is 258 g/mol. The zero-order valence-corrected chi connectivity index (χ0v) is 10.9. The summed E-state index contributed by atoms with van der Waals surface area (Å²) in [6.45, 7) is 1.52. The van der Waals surface area contributed by atoms with Crippen LogP contribution in [0.2, 0.25) is 0 Å². The van der Waals surface area contributed by atoms with E-state index in [1.807, 2.05) is 0 Å². The number of carboxylic acids is 1. The Kier molecular flexibility index (Phi) is 3.47. The number of hydrogen-bond acceptors (Lipinski definition) is 5. The molecule has 6 nitrogen and oxygen atoms in total. The Morgan fingerprint density at radius 1 is 1.45 bits per heavy atom. The second-order valence-corrected chi connectivity index (χ2v) is 4.78. The summed E-state index contributed by atoms with van der Waals surface area (Å²) in [4.78, 5) is 19.3. The first-order valence-electron chi connectivity index (χ1n) is 6.57. The van der Waals surface area contributed by atoms with E-state index >= 15 is 0 Å². The van der Waals surface area contributed by atoms with E-state index in [0.717, 1.165) is 24.8 Å². The molecule has 0 spiro atoms. The lowest BCUT2D eigenvalue weighted by Crippen LogP contribution is -2.19. The van der Waals surface area contributed by atoms with Crippen LogP contribution in [0.1, 0.15) is 23.2 Å². The zero-order chi connectivity index (χ0) is 13.9. The average molecular weight is 273 g/mol. The number of aromatic nitrogens is 2. The lowest BCUT2D eigenvalue weighted by molar-refractivity contribution is 0.0697. The van der Waals surface area contributed by atoms with Crippen molar-refractivity contribution in [2.45, 2.75) is 18.9 Å². The first-order valence-corrected chi connectivity index (χ1v) is 6.57. The predicted molar refractivity (Wildman–Crippen MR) is 74.0 cm³/mol. The first kappa shape index (κ1) is 12.8. The molecule has 0 unspecified atom stereocenters. The summed E-state index contributed by atoms with van der Waals surface area (Å²) in [7, 11) is 0. The Balaban J connectivity index is 1.85. The van der Waals surface area contributed by atoms with Gasteiger partial charge in [0.05, 0.1) is 17.2 Å². The molecule has 0 aliphatic carbocycles. The van der Waals surface area contributed by atoms with Gasteiger partial charge < -0.3 is 15.2 Å². The number of carbonyl (C=O) groups is 1. The minimum atomic E-state index is -0.959. The molecule has 1 atom stereocenters. The topological polar surface area (TPSA) is 84.3 Å². The molecular formula is C14H15N3O3. The summed E-state index contributed by atoms with van der Waals surface area (Å²) < 4.78 is 5.55. The van der Waals surface area contributed by atoms with E-state index in [4.69, 9.17) is 9.84 Å². The fraction of sp³-hybridized carbons (Fsp3) is 0.357. The summed E-state index contributed by atoms with van der Waals surface area (Å²) in [5.41, 5.74) is 0.844. The van der Waals surface area contributed by atoms with Crippen LogP contribution in [0.15, 0.2) is 24.5 Å². The van der Waals surface area contributed by atoms with Gasteiger partial charge in [0, 0.05) is 18.5 Å². The van der Waals surface area contributed by atoms with Crippen LogP contribution >= 0.6 is 0 Å². The molecule has 1 aromatic heterocycles. The highest BCUT2D eigenvalue weighted by Gasteiger charge is 2.16. The highest BCUT2D eigenvalue weighted by atomic mass is 16.5. The van der Waals surface area contributed by atoms with E-state index in [1.165, 1.54) is 6.33 Å². The maximum atomic E-state index is 11.0. The van der Waals surface area contributed by atoms with Gasteiger partial charge in [-0.1, -0.05) is 0 Å². The fourth-order valence-electron chi connectivity index (χ4n) is 2.35. The highest BCUT2D eigenvalue weighted by Crippen LogP contribution is 2.21. The van der Waals surface area contributed by atoms with Crippen molar-refractivity contribution in [1.82, 2.24) is 9.97 Å². The van der Waals surface area contributed by atoms with Crippen LogP contribution in [-0.4, -0.2) is 40.3 Å². The standard InChI is InChI=1S/C14H15N3O3/c18-14(19)9-3-4-11-12(6-9)16-8-17-13(11)15-7-10-2-1-5-20-10/h3-4,6,8,10H,1-2,5,7H2,(H,18,19)(H,15,16,17)/t10-/m0/s1. The van der Waals surface area contributed by atoms with E-state index in [1.54, 1.807) is 18.2 Å². The molecule has 1 aliphatic rings. The van der Waals surface area contributed by atoms with Gasteiger partial charge in [0.1, 0.15) is 12.1 Å². The minimum Gasteiger partial charge on any atom is -0.478 e. The molecule has 0 saturated carbocycles. The molecule has 2 aromatic rings. The van der Waals surface area contributed by atoms with Gasteiger partial charge in [-0.3, -0.25) is 0 Å². The molecule has 0 radical (unpaired) electrons. The molecule has 0 bridgehead atoms. The molecule has 2 heterocycles. The Morgan fingerprint density at radius 3 is 3.10 bits per heavy atom. The number of benzene rings is 1. The number of anilines is 1. The molecule has 20 heavy (non-hydrogen) atoms. The molecule has 1 saturated heterocycles. The molecule has 1 aromatic carbocycles. The van der Waals surface area contributed by atoms with Crippen molar-refractivity contribution < 1.29 is 14.6 Å². The average Bonchev–Trinajstić information content (AvgIpc) is 2.97. The van der Waals surface area contributed by atoms with Crippen LogP contribution in [0, 0.1) is 0 Å². The zero-order valence-electron chi connectivity index (χ0n) is 10.9. The predicted octanol–water partition coefficient (Wildman–Crippen LogP) is 1.92. The number of nitrogens with one attached hydrogen (secondary N) is 1. The Labute approximate surface area is 115 Å². The number of carboxylic acid groups (broad SMARTS) is 1. The van der Waals surface area contributed by atoms with Crippen LogP contribution in [0.4, 0.5) is 5.82 Å². The molecule has 1 fully saturated rings. The number of nitrogens with zero attached hydrogens (tertiary/aromatic N) is 2. The lowest BCUT2D eigenvalue weighted by atomic mass is 10.1. The van der Waals surface area contributed by atoms with Crippen molar-refractivity contribution in [2.75, 3.05) is 18.5 Å². The third-order valence-corrected chi connectivity index (χ3v) is 3.40. The Hall–Kier alpha value is -2.21. The van der Waals surface area contributed by atoms with Crippen molar-refractivity contribution in [3.8, 4) is 0 Å². The van der Waals surface area contributed by atoms with Crippen molar-refractivity contribution in [2.24, 2.45) is 0 Å².